The molecule has 0 bridgehead atoms. The number of rotatable bonds is 4. The highest BCUT2D eigenvalue weighted by Crippen LogP contribution is 2.18. The summed E-state index contributed by atoms with van der Waals surface area (Å²) in [7, 11) is 0. The number of nitrogens with one attached hydrogen (secondary N) is 1. The van der Waals surface area contributed by atoms with Gasteiger partial charge in [-0.1, -0.05) is 28.1 Å². The summed E-state index contributed by atoms with van der Waals surface area (Å²) in [6, 6.07) is 12.7. The molecular formula is C16H14BrFN2O2. The summed E-state index contributed by atoms with van der Waals surface area (Å²) < 4.78 is 14.1. The molecule has 0 unspecified atom stereocenters. The van der Waals surface area contributed by atoms with Crippen molar-refractivity contribution in [3.8, 4) is 0 Å². The largest absolute Gasteiger partial charge is 0.324 e. The number of carbonyl (C=O) groups excluding carboxylic acids is 2. The number of hydrogen-bond acceptors (Lipinski definition) is 2. The summed E-state index contributed by atoms with van der Waals surface area (Å²) in [6.45, 7) is 1.14. The lowest BCUT2D eigenvalue weighted by Gasteiger charge is -2.20. The van der Waals surface area contributed by atoms with Crippen LogP contribution in [0.2, 0.25) is 0 Å². The maximum absolute atomic E-state index is 13.3. The van der Waals surface area contributed by atoms with Gasteiger partial charge in [-0.15, -0.1) is 0 Å². The summed E-state index contributed by atoms with van der Waals surface area (Å²) in [4.78, 5) is 25.0. The number of benzene rings is 2. The molecule has 0 spiro atoms. The number of carbonyl (C=O) groups is 2. The molecule has 0 aromatic heterocycles. The van der Waals surface area contributed by atoms with E-state index in [4.69, 9.17) is 0 Å². The summed E-state index contributed by atoms with van der Waals surface area (Å²) >= 11 is 3.31. The van der Waals surface area contributed by atoms with E-state index < -0.39 is 5.82 Å². The molecule has 22 heavy (non-hydrogen) atoms. The van der Waals surface area contributed by atoms with Gasteiger partial charge in [0.05, 0.1) is 0 Å². The van der Waals surface area contributed by atoms with Crippen molar-refractivity contribution in [3.63, 3.8) is 0 Å². The van der Waals surface area contributed by atoms with Crippen LogP contribution in [0.3, 0.4) is 0 Å². The standard InChI is InChI=1S/C16H14BrFN2O2/c1-11(21)20(15-7-3-5-13(18)9-15)10-16(22)19-14-6-2-4-12(17)8-14/h2-9H,10H2,1H3,(H,19,22). The van der Waals surface area contributed by atoms with Crippen LogP contribution in [0.15, 0.2) is 53.0 Å². The van der Waals surface area contributed by atoms with E-state index in [1.165, 1.54) is 30.0 Å². The Labute approximate surface area is 136 Å². The van der Waals surface area contributed by atoms with Crippen molar-refractivity contribution in [2.24, 2.45) is 0 Å². The second-order valence-corrected chi connectivity index (χ2v) is 5.56. The van der Waals surface area contributed by atoms with Crippen LogP contribution < -0.4 is 10.2 Å². The van der Waals surface area contributed by atoms with Crippen LogP contribution in [0, 0.1) is 5.82 Å². The van der Waals surface area contributed by atoms with Gasteiger partial charge in [-0.2, -0.15) is 0 Å². The van der Waals surface area contributed by atoms with Crippen LogP contribution >= 0.6 is 15.9 Å². The molecule has 0 fully saturated rings. The van der Waals surface area contributed by atoms with Gasteiger partial charge in [0.2, 0.25) is 11.8 Å². The van der Waals surface area contributed by atoms with Gasteiger partial charge in [-0.05, 0) is 36.4 Å². The normalized spacial score (nSPS) is 10.1. The van der Waals surface area contributed by atoms with E-state index in [0.29, 0.717) is 11.4 Å². The number of amides is 2. The highest BCUT2D eigenvalue weighted by Gasteiger charge is 2.16. The first-order valence-electron chi connectivity index (χ1n) is 6.55. The first kappa shape index (κ1) is 16.2. The maximum atomic E-state index is 13.3. The van der Waals surface area contributed by atoms with Crippen molar-refractivity contribution in [1.29, 1.82) is 0 Å². The van der Waals surface area contributed by atoms with Gasteiger partial charge in [-0.3, -0.25) is 9.59 Å². The smallest absolute Gasteiger partial charge is 0.244 e. The van der Waals surface area contributed by atoms with E-state index in [2.05, 4.69) is 21.2 Å². The lowest BCUT2D eigenvalue weighted by Crippen LogP contribution is -2.36. The van der Waals surface area contributed by atoms with Gasteiger partial charge in [0.25, 0.3) is 0 Å². The zero-order chi connectivity index (χ0) is 16.1. The van der Waals surface area contributed by atoms with Gasteiger partial charge < -0.3 is 10.2 Å². The molecule has 0 heterocycles. The Hall–Kier alpha value is -2.21. The average Bonchev–Trinajstić information content (AvgIpc) is 2.44. The fourth-order valence-corrected chi connectivity index (χ4v) is 2.34. The van der Waals surface area contributed by atoms with Crippen LogP contribution in [0.25, 0.3) is 0 Å². The van der Waals surface area contributed by atoms with Crippen molar-refractivity contribution in [2.45, 2.75) is 6.92 Å². The van der Waals surface area contributed by atoms with Crippen LogP contribution in [0.4, 0.5) is 15.8 Å². The van der Waals surface area contributed by atoms with Crippen LogP contribution in [0.5, 0.6) is 0 Å². The molecule has 114 valence electrons. The third-order valence-electron chi connectivity index (χ3n) is 2.91. The van der Waals surface area contributed by atoms with Crippen molar-refractivity contribution < 1.29 is 14.0 Å². The third-order valence-corrected chi connectivity index (χ3v) is 3.40. The van der Waals surface area contributed by atoms with Gasteiger partial charge in [0.1, 0.15) is 12.4 Å². The molecule has 0 saturated heterocycles. The molecule has 0 aliphatic rings. The monoisotopic (exact) mass is 364 g/mol. The Morgan fingerprint density at radius 2 is 1.91 bits per heavy atom. The molecule has 4 nitrogen and oxygen atoms in total. The quantitative estimate of drug-likeness (QED) is 0.901. The first-order chi connectivity index (χ1) is 10.5. The lowest BCUT2D eigenvalue weighted by molar-refractivity contribution is -0.120. The van der Waals surface area contributed by atoms with Gasteiger partial charge >= 0.3 is 0 Å². The first-order valence-corrected chi connectivity index (χ1v) is 7.34. The minimum Gasteiger partial charge on any atom is -0.324 e. The van der Waals surface area contributed by atoms with Crippen molar-refractivity contribution in [2.75, 3.05) is 16.8 Å². The third kappa shape index (κ3) is 4.39. The SMILES string of the molecule is CC(=O)N(CC(=O)Nc1cccc(Br)c1)c1cccc(F)c1. The molecule has 0 aliphatic carbocycles. The number of hydrogen-bond donors (Lipinski definition) is 1. The Kier molecular flexibility index (Phi) is 5.27. The Balaban J connectivity index is 2.11. The predicted octanol–water partition coefficient (Wildman–Crippen LogP) is 3.58. The lowest BCUT2D eigenvalue weighted by atomic mass is 10.2. The zero-order valence-electron chi connectivity index (χ0n) is 11.8. The van der Waals surface area contributed by atoms with Crippen LogP contribution in [-0.2, 0) is 9.59 Å². The molecule has 6 heteroatoms. The second-order valence-electron chi connectivity index (χ2n) is 4.64. The summed E-state index contributed by atoms with van der Waals surface area (Å²) in [5.74, 6) is -1.16. The average molecular weight is 365 g/mol. The summed E-state index contributed by atoms with van der Waals surface area (Å²) in [5.41, 5.74) is 0.957. The Morgan fingerprint density at radius 1 is 1.18 bits per heavy atom. The van der Waals surface area contributed by atoms with Crippen LogP contribution in [-0.4, -0.2) is 18.4 Å². The molecule has 0 radical (unpaired) electrons. The molecule has 2 amide bonds. The van der Waals surface area contributed by atoms with E-state index >= 15 is 0 Å². The van der Waals surface area contributed by atoms with Gasteiger partial charge in [0.15, 0.2) is 0 Å². The van der Waals surface area contributed by atoms with E-state index in [0.717, 1.165) is 4.47 Å². The molecular weight excluding hydrogens is 351 g/mol. The summed E-state index contributed by atoms with van der Waals surface area (Å²) in [6.07, 6.45) is 0. The highest BCUT2D eigenvalue weighted by atomic mass is 79.9. The van der Waals surface area contributed by atoms with E-state index in [1.54, 1.807) is 24.3 Å². The van der Waals surface area contributed by atoms with E-state index in [9.17, 15) is 14.0 Å². The number of anilines is 2. The fraction of sp³-hybridized carbons (Fsp3) is 0.125. The molecule has 0 aliphatic heterocycles. The summed E-state index contributed by atoms with van der Waals surface area (Å²) in [5, 5.41) is 2.70. The molecule has 2 aromatic rings. The minimum atomic E-state index is -0.462. The zero-order valence-corrected chi connectivity index (χ0v) is 13.4. The Bertz CT molecular complexity index is 706. The van der Waals surface area contributed by atoms with Gasteiger partial charge in [-0.25, -0.2) is 4.39 Å². The van der Waals surface area contributed by atoms with Crippen molar-refractivity contribution >= 4 is 39.1 Å². The van der Waals surface area contributed by atoms with Gasteiger partial charge in [0, 0.05) is 22.8 Å². The molecule has 2 aromatic carbocycles. The molecule has 0 atom stereocenters. The molecule has 1 N–H and O–H groups in total. The number of halogens is 2. The minimum absolute atomic E-state index is 0.189. The van der Waals surface area contributed by atoms with E-state index in [-0.39, 0.29) is 18.4 Å². The van der Waals surface area contributed by atoms with Crippen LogP contribution in [0.1, 0.15) is 6.92 Å². The molecule has 2 rings (SSSR count). The van der Waals surface area contributed by atoms with Crippen molar-refractivity contribution in [1.82, 2.24) is 0 Å². The topological polar surface area (TPSA) is 49.4 Å². The fourth-order valence-electron chi connectivity index (χ4n) is 1.94. The Morgan fingerprint density at radius 3 is 2.55 bits per heavy atom. The maximum Gasteiger partial charge on any atom is 0.244 e. The highest BCUT2D eigenvalue weighted by molar-refractivity contribution is 9.10. The predicted molar refractivity (Wildman–Crippen MR) is 87.2 cm³/mol. The van der Waals surface area contributed by atoms with Crippen molar-refractivity contribution in [3.05, 3.63) is 58.8 Å². The second kappa shape index (κ2) is 7.17. The van der Waals surface area contributed by atoms with E-state index in [1.807, 2.05) is 6.07 Å². The number of nitrogens with zero attached hydrogens (tertiary/aromatic N) is 1. The molecule has 0 saturated carbocycles.